The Hall–Kier alpha value is -3.26. The maximum Gasteiger partial charge on any atom is 0.308 e. The number of nitrogens with zero attached hydrogens (tertiary/aromatic N) is 1. The van der Waals surface area contributed by atoms with Crippen LogP contribution in [0.25, 0.3) is 0 Å². The second-order valence-corrected chi connectivity index (χ2v) is 27.2. The fourth-order valence-corrected chi connectivity index (χ4v) is 13.8. The molecule has 0 heterocycles. The van der Waals surface area contributed by atoms with Crippen molar-refractivity contribution in [2.24, 2.45) is 59.2 Å². The van der Waals surface area contributed by atoms with Gasteiger partial charge in [-0.25, -0.2) is 0 Å². The Morgan fingerprint density at radius 3 is 0.859 bits per heavy atom. The molecule has 4 aliphatic rings. The van der Waals surface area contributed by atoms with Gasteiger partial charge in [0, 0.05) is 19.4 Å². The maximum absolute atomic E-state index is 13.3. The van der Waals surface area contributed by atoms with Gasteiger partial charge in [-0.1, -0.05) is 143 Å². The van der Waals surface area contributed by atoms with E-state index in [9.17, 15) is 33.9 Å². The lowest BCUT2D eigenvalue weighted by Crippen LogP contribution is -2.33. The fraction of sp³-hybridized carbons (Fsp3) is 0.915. The standard InChI is InChI=1S/C71H125NO13/c1-6-10-16-24-56-30-38-62(39-31-56)68(76)82-51-60(52-83-69(77)63-40-32-57(33-41-63)25-17-11-7-2)49-80-66(74)28-20-14-22-46-72(48-55(5)73)47-23-15-21-29-67(75)81-50-61(53-84-70(78)64-42-34-58(35-43-64)26-18-12-8-3)54-85-71(79)65-44-36-59(37-45-65)27-19-13-9-4/h55-65,73H,6-54H2,1-5H3/t55-,56?,57?,58?,59?,60?,61?,62?,63?,64?,65?/m0/s1. The van der Waals surface area contributed by atoms with Crippen LogP contribution in [0.3, 0.4) is 0 Å². The number of esters is 6. The van der Waals surface area contributed by atoms with E-state index in [1.165, 1.54) is 103 Å². The molecule has 0 aromatic carbocycles. The van der Waals surface area contributed by atoms with Crippen LogP contribution in [0.15, 0.2) is 0 Å². The summed E-state index contributed by atoms with van der Waals surface area (Å²) in [5, 5.41) is 10.3. The van der Waals surface area contributed by atoms with Crippen molar-refractivity contribution in [1.29, 1.82) is 0 Å². The topological polar surface area (TPSA) is 181 Å². The molecule has 4 rings (SSSR count). The molecule has 0 aliphatic heterocycles. The zero-order valence-electron chi connectivity index (χ0n) is 54.8. The minimum atomic E-state index is -0.501. The normalized spacial score (nSPS) is 23.8. The minimum Gasteiger partial charge on any atom is -0.465 e. The van der Waals surface area contributed by atoms with Crippen molar-refractivity contribution in [3.63, 3.8) is 0 Å². The Morgan fingerprint density at radius 2 is 0.612 bits per heavy atom. The van der Waals surface area contributed by atoms with Gasteiger partial charge in [0.25, 0.3) is 0 Å². The molecule has 14 nitrogen and oxygen atoms in total. The molecule has 1 atom stereocenters. The van der Waals surface area contributed by atoms with Gasteiger partial charge in [0.1, 0.15) is 39.6 Å². The number of aliphatic hydroxyl groups excluding tert-OH is 1. The van der Waals surface area contributed by atoms with Gasteiger partial charge < -0.3 is 38.4 Å². The molecule has 4 saturated carbocycles. The first-order valence-electron chi connectivity index (χ1n) is 35.7. The minimum absolute atomic E-state index is 0.0164. The van der Waals surface area contributed by atoms with Gasteiger partial charge in [-0.3, -0.25) is 28.8 Å². The molecule has 1 N–H and O–H groups in total. The molecule has 4 fully saturated rings. The zero-order chi connectivity index (χ0) is 61.3. The van der Waals surface area contributed by atoms with E-state index in [-0.39, 0.29) is 112 Å². The molecule has 85 heavy (non-hydrogen) atoms. The number of unbranched alkanes of at least 4 members (excludes halogenated alkanes) is 12. The van der Waals surface area contributed by atoms with Gasteiger partial charge in [0.2, 0.25) is 0 Å². The number of hydrogen-bond donors (Lipinski definition) is 1. The third kappa shape index (κ3) is 33.2. The first kappa shape index (κ1) is 74.2. The molecule has 0 saturated heterocycles. The van der Waals surface area contributed by atoms with Crippen molar-refractivity contribution in [3.05, 3.63) is 0 Å². The van der Waals surface area contributed by atoms with E-state index in [0.717, 1.165) is 142 Å². The highest BCUT2D eigenvalue weighted by Gasteiger charge is 2.33. The van der Waals surface area contributed by atoms with Crippen LogP contribution in [0.5, 0.6) is 0 Å². The van der Waals surface area contributed by atoms with E-state index >= 15 is 0 Å². The van der Waals surface area contributed by atoms with Crippen LogP contribution in [-0.2, 0) is 57.2 Å². The van der Waals surface area contributed by atoms with Crippen LogP contribution in [0.2, 0.25) is 0 Å². The number of hydrogen-bond acceptors (Lipinski definition) is 14. The van der Waals surface area contributed by atoms with Gasteiger partial charge in [-0.05, 0) is 172 Å². The number of carbonyl (C=O) groups excluding carboxylic acids is 6. The Balaban J connectivity index is 1.15. The van der Waals surface area contributed by atoms with Crippen molar-refractivity contribution in [1.82, 2.24) is 4.90 Å². The van der Waals surface area contributed by atoms with E-state index < -0.39 is 17.9 Å². The molecule has 0 unspecified atom stereocenters. The summed E-state index contributed by atoms with van der Waals surface area (Å²) < 4.78 is 35.0. The van der Waals surface area contributed by atoms with E-state index in [1.54, 1.807) is 6.92 Å². The monoisotopic (exact) mass is 1200 g/mol. The van der Waals surface area contributed by atoms with Crippen molar-refractivity contribution in [2.75, 3.05) is 59.3 Å². The Labute approximate surface area is 516 Å². The maximum atomic E-state index is 13.3. The smallest absolute Gasteiger partial charge is 0.308 e. The Bertz CT molecular complexity index is 1560. The molecule has 0 spiro atoms. The molecular formula is C71H125NO13. The van der Waals surface area contributed by atoms with Crippen LogP contribution in [-0.4, -0.2) is 111 Å². The molecule has 0 aromatic heterocycles. The van der Waals surface area contributed by atoms with Crippen molar-refractivity contribution in [2.45, 2.75) is 298 Å². The molecule has 0 amide bonds. The van der Waals surface area contributed by atoms with Gasteiger partial charge in [-0.2, -0.15) is 0 Å². The summed E-state index contributed by atoms with van der Waals surface area (Å²) in [6.45, 7) is 12.9. The second kappa shape index (κ2) is 45.9. The Kier molecular flexibility index (Phi) is 40.1. The van der Waals surface area contributed by atoms with Crippen LogP contribution < -0.4 is 0 Å². The highest BCUT2D eigenvalue weighted by Crippen LogP contribution is 2.36. The third-order valence-electron chi connectivity index (χ3n) is 19.6. The number of carbonyl (C=O) groups is 6. The quantitative estimate of drug-likeness (QED) is 0.0345. The van der Waals surface area contributed by atoms with Gasteiger partial charge in [0.05, 0.1) is 41.6 Å². The first-order chi connectivity index (χ1) is 41.3. The second-order valence-electron chi connectivity index (χ2n) is 27.2. The molecule has 4 aliphatic carbocycles. The average molecular weight is 1200 g/mol. The number of rotatable bonds is 46. The average Bonchev–Trinajstić information content (AvgIpc) is 3.66. The summed E-state index contributed by atoms with van der Waals surface area (Å²) in [6.07, 6.45) is 39.5. The first-order valence-corrected chi connectivity index (χ1v) is 35.7. The van der Waals surface area contributed by atoms with E-state index in [4.69, 9.17) is 28.4 Å². The summed E-state index contributed by atoms with van der Waals surface area (Å²) in [4.78, 5) is 81.5. The molecule has 14 heteroatoms. The van der Waals surface area contributed by atoms with Crippen molar-refractivity contribution < 1.29 is 62.3 Å². The molecule has 0 bridgehead atoms. The summed E-state index contributed by atoms with van der Waals surface area (Å²) in [6, 6.07) is 0. The van der Waals surface area contributed by atoms with Crippen LogP contribution in [0, 0.1) is 59.2 Å². The third-order valence-corrected chi connectivity index (χ3v) is 19.6. The predicted octanol–water partition coefficient (Wildman–Crippen LogP) is 15.8. The van der Waals surface area contributed by atoms with Crippen molar-refractivity contribution >= 4 is 35.8 Å². The fourth-order valence-electron chi connectivity index (χ4n) is 13.8. The van der Waals surface area contributed by atoms with Crippen LogP contribution in [0.1, 0.15) is 291 Å². The van der Waals surface area contributed by atoms with Crippen LogP contribution in [0.4, 0.5) is 0 Å². The van der Waals surface area contributed by atoms with E-state index in [2.05, 4.69) is 32.6 Å². The SMILES string of the molecule is CCCCCC1CCC(C(=O)OCC(COC(=O)CCCCCN(CCCCCC(=O)OCC(COC(=O)C2CCC(CCCCC)CC2)COC(=O)C2CCC(CCCCC)CC2)C[C@H](C)O)COC(=O)C2CCC(CCCCC)CC2)CC1. The molecular weight excluding hydrogens is 1070 g/mol. The van der Waals surface area contributed by atoms with E-state index in [0.29, 0.717) is 43.1 Å². The molecule has 492 valence electrons. The van der Waals surface area contributed by atoms with Crippen molar-refractivity contribution in [3.8, 4) is 0 Å². The van der Waals surface area contributed by atoms with E-state index in [1.807, 2.05) is 0 Å². The predicted molar refractivity (Wildman–Crippen MR) is 336 cm³/mol. The largest absolute Gasteiger partial charge is 0.465 e. The summed E-state index contributed by atoms with van der Waals surface area (Å²) >= 11 is 0. The lowest BCUT2D eigenvalue weighted by molar-refractivity contribution is -0.161. The lowest BCUT2D eigenvalue weighted by Gasteiger charge is -2.28. The summed E-state index contributed by atoms with van der Waals surface area (Å²) in [5.74, 6) is -0.0567. The van der Waals surface area contributed by atoms with Crippen LogP contribution >= 0.6 is 0 Å². The Morgan fingerprint density at radius 1 is 0.353 bits per heavy atom. The molecule has 0 radical (unpaired) electrons. The van der Waals surface area contributed by atoms with Gasteiger partial charge >= 0.3 is 35.8 Å². The summed E-state index contributed by atoms with van der Waals surface area (Å²) in [5.41, 5.74) is 0. The summed E-state index contributed by atoms with van der Waals surface area (Å²) in [7, 11) is 0. The highest BCUT2D eigenvalue weighted by molar-refractivity contribution is 5.74. The lowest BCUT2D eigenvalue weighted by atomic mass is 9.80. The van der Waals surface area contributed by atoms with Gasteiger partial charge in [-0.15, -0.1) is 0 Å². The molecule has 0 aromatic rings. The number of ether oxygens (including phenoxy) is 6. The highest BCUT2D eigenvalue weighted by atomic mass is 16.6. The zero-order valence-corrected chi connectivity index (χ0v) is 54.8. The van der Waals surface area contributed by atoms with Gasteiger partial charge in [0.15, 0.2) is 0 Å². The number of aliphatic hydroxyl groups is 1.